The summed E-state index contributed by atoms with van der Waals surface area (Å²) in [4.78, 5) is 30.5. The highest BCUT2D eigenvalue weighted by molar-refractivity contribution is 14.1. The van der Waals surface area contributed by atoms with Gasteiger partial charge in [0.25, 0.3) is 5.91 Å². The molecule has 2 aromatic rings. The van der Waals surface area contributed by atoms with Crippen molar-refractivity contribution < 1.29 is 14.4 Å². The van der Waals surface area contributed by atoms with Crippen LogP contribution in [0.2, 0.25) is 0 Å². The molecule has 0 unspecified atom stereocenters. The molecular weight excluding hydrogens is 421 g/mol. The molecule has 2 heterocycles. The number of H-pyrrole nitrogens is 1. The van der Waals surface area contributed by atoms with Gasteiger partial charge >= 0.3 is 6.15 Å². The third-order valence-corrected chi connectivity index (χ3v) is 5.09. The van der Waals surface area contributed by atoms with Crippen LogP contribution in [0, 0.1) is 3.57 Å². The Kier molecular flexibility index (Phi) is 6.69. The van der Waals surface area contributed by atoms with E-state index in [4.69, 9.17) is 9.59 Å². The molecule has 1 aromatic heterocycles. The van der Waals surface area contributed by atoms with Gasteiger partial charge in [0.1, 0.15) is 5.69 Å². The Morgan fingerprint density at radius 3 is 2.33 bits per heavy atom. The summed E-state index contributed by atoms with van der Waals surface area (Å²) in [5, 5.41) is 7.45. The van der Waals surface area contributed by atoms with Crippen molar-refractivity contribution >= 4 is 34.6 Å². The highest BCUT2D eigenvalue weighted by Gasteiger charge is 2.19. The second-order valence-electron chi connectivity index (χ2n) is 5.38. The van der Waals surface area contributed by atoms with Crippen molar-refractivity contribution in [1.29, 1.82) is 0 Å². The van der Waals surface area contributed by atoms with E-state index in [-0.39, 0.29) is 12.1 Å². The van der Waals surface area contributed by atoms with E-state index in [1.54, 1.807) is 0 Å². The average molecular weight is 439 g/mol. The molecule has 1 aliphatic heterocycles. The number of aryl methyl sites for hydroxylation is 1. The largest absolute Gasteiger partial charge is 0.373 e. The molecule has 7 heteroatoms. The summed E-state index contributed by atoms with van der Waals surface area (Å²) in [5.41, 5.74) is 3.94. The fourth-order valence-corrected chi connectivity index (χ4v) is 3.60. The number of amides is 1. The number of halogens is 1. The van der Waals surface area contributed by atoms with Gasteiger partial charge in [-0.25, -0.2) is 0 Å². The first-order valence-electron chi connectivity index (χ1n) is 7.74. The number of hydrogen-bond acceptors (Lipinski definition) is 4. The smallest absolute Gasteiger partial charge is 0.339 e. The highest BCUT2D eigenvalue weighted by Crippen LogP contribution is 2.26. The average Bonchev–Trinajstić information content (AvgIpc) is 3.25. The minimum atomic E-state index is 0.144. The van der Waals surface area contributed by atoms with Crippen molar-refractivity contribution in [1.82, 2.24) is 15.1 Å². The van der Waals surface area contributed by atoms with E-state index in [2.05, 4.69) is 39.7 Å². The molecule has 0 atom stereocenters. The quantitative estimate of drug-likeness (QED) is 0.746. The minimum absolute atomic E-state index is 0.144. The molecule has 0 spiro atoms. The van der Waals surface area contributed by atoms with Gasteiger partial charge in [-0.05, 0) is 54.0 Å². The van der Waals surface area contributed by atoms with E-state index >= 15 is 0 Å². The van der Waals surface area contributed by atoms with Crippen LogP contribution in [-0.4, -0.2) is 40.2 Å². The first-order chi connectivity index (χ1) is 11.6. The fourth-order valence-electron chi connectivity index (χ4n) is 2.66. The van der Waals surface area contributed by atoms with Gasteiger partial charge in [0, 0.05) is 29.9 Å². The molecule has 3 rings (SSSR count). The molecule has 1 aromatic carbocycles. The van der Waals surface area contributed by atoms with Gasteiger partial charge in [0.2, 0.25) is 0 Å². The van der Waals surface area contributed by atoms with Crippen LogP contribution in [0.25, 0.3) is 11.3 Å². The summed E-state index contributed by atoms with van der Waals surface area (Å²) >= 11 is 2.32. The number of nitrogens with zero attached hydrogens (tertiary/aromatic N) is 2. The van der Waals surface area contributed by atoms with Crippen molar-refractivity contribution in [3.8, 4) is 11.3 Å². The van der Waals surface area contributed by atoms with Crippen molar-refractivity contribution in [2.75, 3.05) is 13.1 Å². The van der Waals surface area contributed by atoms with E-state index in [0.717, 1.165) is 58.4 Å². The molecule has 0 radical (unpaired) electrons. The van der Waals surface area contributed by atoms with Gasteiger partial charge < -0.3 is 4.90 Å². The van der Waals surface area contributed by atoms with Gasteiger partial charge in [-0.3, -0.25) is 9.89 Å². The molecule has 6 nitrogen and oxygen atoms in total. The lowest BCUT2D eigenvalue weighted by Gasteiger charge is -2.15. The zero-order chi connectivity index (χ0) is 17.5. The third kappa shape index (κ3) is 4.10. The van der Waals surface area contributed by atoms with Gasteiger partial charge in [-0.15, -0.1) is 0 Å². The molecule has 1 amide bonds. The number of likely N-dealkylation sites (tertiary alicyclic amines) is 1. The lowest BCUT2D eigenvalue weighted by Crippen LogP contribution is -2.27. The summed E-state index contributed by atoms with van der Waals surface area (Å²) in [6.45, 7) is 3.88. The monoisotopic (exact) mass is 439 g/mol. The first-order valence-corrected chi connectivity index (χ1v) is 8.82. The molecule has 0 saturated carbocycles. The Morgan fingerprint density at radius 1 is 1.25 bits per heavy atom. The van der Waals surface area contributed by atoms with E-state index in [9.17, 15) is 4.79 Å². The Labute approximate surface area is 153 Å². The van der Waals surface area contributed by atoms with Crippen LogP contribution in [0.15, 0.2) is 24.3 Å². The predicted octanol–water partition coefficient (Wildman–Crippen LogP) is 2.90. The maximum absolute atomic E-state index is 12.3. The molecule has 0 aliphatic carbocycles. The van der Waals surface area contributed by atoms with Gasteiger partial charge in [0.15, 0.2) is 0 Å². The maximum Gasteiger partial charge on any atom is 0.373 e. The Bertz CT molecular complexity index is 728. The predicted molar refractivity (Wildman–Crippen MR) is 96.3 cm³/mol. The second-order valence-corrected chi connectivity index (χ2v) is 6.46. The van der Waals surface area contributed by atoms with E-state index in [1.807, 2.05) is 29.2 Å². The molecule has 1 N–H and O–H groups in total. The van der Waals surface area contributed by atoms with Crippen LogP contribution in [0.1, 0.15) is 35.8 Å². The maximum atomic E-state index is 12.3. The number of benzene rings is 1. The number of carbonyl (C=O) groups is 1. The number of aromatic nitrogens is 2. The second kappa shape index (κ2) is 8.75. The van der Waals surface area contributed by atoms with Crippen LogP contribution in [-0.2, 0) is 16.0 Å². The molecule has 1 aliphatic rings. The normalized spacial score (nSPS) is 13.2. The topological polar surface area (TPSA) is 83.1 Å². The summed E-state index contributed by atoms with van der Waals surface area (Å²) < 4.78 is 1.16. The fraction of sp³-hybridized carbons (Fsp3) is 0.353. The zero-order valence-corrected chi connectivity index (χ0v) is 15.5. The number of rotatable bonds is 3. The lowest BCUT2D eigenvalue weighted by molar-refractivity contribution is -0.191. The summed E-state index contributed by atoms with van der Waals surface area (Å²) in [6.07, 6.45) is 3.43. The zero-order valence-electron chi connectivity index (χ0n) is 13.3. The summed E-state index contributed by atoms with van der Waals surface area (Å²) in [5.74, 6) is 0.144. The first kappa shape index (κ1) is 18.4. The molecule has 0 bridgehead atoms. The summed E-state index contributed by atoms with van der Waals surface area (Å²) in [7, 11) is 0. The molecule has 1 fully saturated rings. The van der Waals surface area contributed by atoms with Crippen molar-refractivity contribution in [3.05, 3.63) is 39.1 Å². The molecule has 1 saturated heterocycles. The molecular formula is C17H18IN3O3. The summed E-state index contributed by atoms with van der Waals surface area (Å²) in [6, 6.07) is 7.79. The Morgan fingerprint density at radius 2 is 1.83 bits per heavy atom. The number of nitrogens with one attached hydrogen (secondary N) is 1. The van der Waals surface area contributed by atoms with E-state index in [0.29, 0.717) is 0 Å². The van der Waals surface area contributed by atoms with Gasteiger partial charge in [-0.1, -0.05) is 19.1 Å². The van der Waals surface area contributed by atoms with Crippen LogP contribution in [0.4, 0.5) is 0 Å². The van der Waals surface area contributed by atoms with E-state index < -0.39 is 0 Å². The number of aromatic amines is 1. The van der Waals surface area contributed by atoms with Crippen LogP contribution in [0.5, 0.6) is 0 Å². The SMILES string of the molecule is CCc1[nH]nc(-c2ccc(C(=O)N3CCCC3)cc2)c1I.O=C=O. The minimum Gasteiger partial charge on any atom is -0.339 e. The van der Waals surface area contributed by atoms with Crippen LogP contribution in [0.3, 0.4) is 0 Å². The molecule has 24 heavy (non-hydrogen) atoms. The molecule has 126 valence electrons. The lowest BCUT2D eigenvalue weighted by atomic mass is 10.1. The van der Waals surface area contributed by atoms with Crippen molar-refractivity contribution in [2.24, 2.45) is 0 Å². The Balaban J connectivity index is 0.000000647. The van der Waals surface area contributed by atoms with Crippen molar-refractivity contribution in [2.45, 2.75) is 26.2 Å². The van der Waals surface area contributed by atoms with E-state index in [1.165, 1.54) is 0 Å². The number of carbonyl (C=O) groups excluding carboxylic acids is 3. The van der Waals surface area contributed by atoms with Crippen LogP contribution >= 0.6 is 22.6 Å². The highest BCUT2D eigenvalue weighted by atomic mass is 127. The van der Waals surface area contributed by atoms with Gasteiger partial charge in [-0.2, -0.15) is 14.7 Å². The standard InChI is InChI=1S/C16H18IN3O.CO2/c1-2-13-14(17)15(19-18-13)11-5-7-12(8-6-11)16(21)20-9-3-4-10-20;2-1-3/h5-8H,2-4,9-10H2,1H3,(H,18,19);. The third-order valence-electron chi connectivity index (χ3n) is 3.93. The Hall–Kier alpha value is -1.99. The number of hydrogen-bond donors (Lipinski definition) is 1. The van der Waals surface area contributed by atoms with Gasteiger partial charge in [0.05, 0.1) is 3.57 Å². The van der Waals surface area contributed by atoms with Crippen LogP contribution < -0.4 is 0 Å². The van der Waals surface area contributed by atoms with Crippen molar-refractivity contribution in [3.63, 3.8) is 0 Å².